The summed E-state index contributed by atoms with van der Waals surface area (Å²) in [5.74, 6) is 0. The lowest BCUT2D eigenvalue weighted by Gasteiger charge is -2.36. The normalized spacial score (nSPS) is 15.0. The average Bonchev–Trinajstić information content (AvgIpc) is 3.24. The molecule has 2 aromatic carbocycles. The Morgan fingerprint density at radius 1 is 1.03 bits per heavy atom. The Hall–Kier alpha value is -2.78. The van der Waals surface area contributed by atoms with Crippen molar-refractivity contribution in [1.29, 1.82) is 0 Å². The van der Waals surface area contributed by atoms with Crippen LogP contribution >= 0.6 is 11.3 Å². The number of urea groups is 1. The second kappa shape index (κ2) is 10.7. The first-order valence-electron chi connectivity index (χ1n) is 11.5. The summed E-state index contributed by atoms with van der Waals surface area (Å²) in [6.07, 6.45) is -2.42. The van der Waals surface area contributed by atoms with Crippen molar-refractivity contribution in [3.63, 3.8) is 0 Å². The molecule has 1 aromatic heterocycles. The van der Waals surface area contributed by atoms with E-state index in [1.807, 2.05) is 36.6 Å². The van der Waals surface area contributed by atoms with Crippen LogP contribution in [0, 0.1) is 6.92 Å². The standard InChI is InChI=1S/C25H29F3N4OS/c1-18-4-7-20(8-5-18)30-24(33)29-10-2-3-11-31-12-14-32(15-13-31)22-17-34-23-16-19(25(26,27)28)6-9-21(22)23/h4-9,16-17H,2-3,10-15H2,1H3,(H2,29,30,33). The minimum atomic E-state index is -4.32. The molecule has 0 saturated carbocycles. The number of nitrogens with zero attached hydrogens (tertiary/aromatic N) is 2. The lowest BCUT2D eigenvalue weighted by molar-refractivity contribution is -0.137. The van der Waals surface area contributed by atoms with E-state index in [0.717, 1.165) is 67.9 Å². The fourth-order valence-electron chi connectivity index (χ4n) is 4.12. The number of piperazine rings is 1. The Morgan fingerprint density at radius 3 is 2.47 bits per heavy atom. The smallest absolute Gasteiger partial charge is 0.368 e. The Morgan fingerprint density at radius 2 is 1.76 bits per heavy atom. The largest absolute Gasteiger partial charge is 0.416 e. The number of benzene rings is 2. The van der Waals surface area contributed by atoms with Crippen molar-refractivity contribution in [2.24, 2.45) is 0 Å². The van der Waals surface area contributed by atoms with E-state index in [9.17, 15) is 18.0 Å². The zero-order valence-electron chi connectivity index (χ0n) is 19.1. The monoisotopic (exact) mass is 490 g/mol. The molecule has 0 radical (unpaired) electrons. The van der Waals surface area contributed by atoms with Gasteiger partial charge in [-0.1, -0.05) is 23.8 Å². The molecule has 0 aliphatic carbocycles. The van der Waals surface area contributed by atoms with E-state index < -0.39 is 11.7 Å². The second-order valence-electron chi connectivity index (χ2n) is 8.61. The molecule has 0 unspecified atom stereocenters. The molecule has 34 heavy (non-hydrogen) atoms. The second-order valence-corrected chi connectivity index (χ2v) is 9.52. The zero-order valence-corrected chi connectivity index (χ0v) is 19.9. The average molecular weight is 491 g/mol. The highest BCUT2D eigenvalue weighted by Crippen LogP contribution is 2.38. The van der Waals surface area contributed by atoms with Gasteiger partial charge < -0.3 is 15.5 Å². The number of aryl methyl sites for hydroxylation is 1. The van der Waals surface area contributed by atoms with Gasteiger partial charge >= 0.3 is 12.2 Å². The van der Waals surface area contributed by atoms with Gasteiger partial charge in [0.05, 0.1) is 11.3 Å². The number of fused-ring (bicyclic) bond motifs is 1. The molecule has 1 aliphatic heterocycles. The van der Waals surface area contributed by atoms with Crippen LogP contribution in [0.3, 0.4) is 0 Å². The maximum Gasteiger partial charge on any atom is 0.416 e. The van der Waals surface area contributed by atoms with Crippen LogP contribution in [0.5, 0.6) is 0 Å². The molecule has 1 fully saturated rings. The highest BCUT2D eigenvalue weighted by molar-refractivity contribution is 7.17. The number of carbonyl (C=O) groups is 1. The maximum atomic E-state index is 13.0. The Labute approximate surface area is 201 Å². The molecule has 2 heterocycles. The maximum absolute atomic E-state index is 13.0. The number of hydrogen-bond donors (Lipinski definition) is 2. The summed E-state index contributed by atoms with van der Waals surface area (Å²) in [5, 5.41) is 8.58. The summed E-state index contributed by atoms with van der Waals surface area (Å²) in [6.45, 7) is 7.13. The number of thiophene rings is 1. The van der Waals surface area contributed by atoms with Crippen molar-refractivity contribution in [1.82, 2.24) is 10.2 Å². The first-order chi connectivity index (χ1) is 16.3. The molecule has 2 amide bonds. The number of unbranched alkanes of at least 4 members (excludes halogenated alkanes) is 1. The fourth-order valence-corrected chi connectivity index (χ4v) is 5.13. The van der Waals surface area contributed by atoms with Gasteiger partial charge in [-0.25, -0.2) is 4.79 Å². The summed E-state index contributed by atoms with van der Waals surface area (Å²) in [4.78, 5) is 16.6. The van der Waals surface area contributed by atoms with Crippen molar-refractivity contribution in [3.8, 4) is 0 Å². The summed E-state index contributed by atoms with van der Waals surface area (Å²) in [5.41, 5.74) is 2.35. The van der Waals surface area contributed by atoms with Gasteiger partial charge in [0, 0.05) is 53.9 Å². The molecule has 9 heteroatoms. The highest BCUT2D eigenvalue weighted by Gasteiger charge is 2.31. The summed E-state index contributed by atoms with van der Waals surface area (Å²) < 4.78 is 39.6. The van der Waals surface area contributed by atoms with Gasteiger partial charge in [0.15, 0.2) is 0 Å². The van der Waals surface area contributed by atoms with E-state index in [4.69, 9.17) is 0 Å². The number of carbonyl (C=O) groups excluding carboxylic acids is 1. The third-order valence-corrected chi connectivity index (χ3v) is 7.02. The van der Waals surface area contributed by atoms with Crippen LogP contribution in [-0.4, -0.2) is 50.2 Å². The van der Waals surface area contributed by atoms with Gasteiger partial charge in [-0.2, -0.15) is 13.2 Å². The molecule has 0 atom stereocenters. The van der Waals surface area contributed by atoms with Crippen LogP contribution in [-0.2, 0) is 6.18 Å². The lowest BCUT2D eigenvalue weighted by atomic mass is 10.1. The molecule has 3 aromatic rings. The van der Waals surface area contributed by atoms with Crippen LogP contribution in [0.4, 0.5) is 29.3 Å². The minimum Gasteiger partial charge on any atom is -0.368 e. The Kier molecular flexibility index (Phi) is 7.63. The van der Waals surface area contributed by atoms with Gasteiger partial charge in [0.1, 0.15) is 0 Å². The SMILES string of the molecule is Cc1ccc(NC(=O)NCCCCN2CCN(c3csc4cc(C(F)(F)F)ccc34)CC2)cc1. The molecule has 182 valence electrons. The van der Waals surface area contributed by atoms with Gasteiger partial charge in [0.2, 0.25) is 0 Å². The lowest BCUT2D eigenvalue weighted by Crippen LogP contribution is -2.46. The Balaban J connectivity index is 1.16. The number of nitrogens with one attached hydrogen (secondary N) is 2. The van der Waals surface area contributed by atoms with E-state index in [-0.39, 0.29) is 6.03 Å². The molecule has 1 aliphatic rings. The van der Waals surface area contributed by atoms with Crippen LogP contribution in [0.25, 0.3) is 10.1 Å². The molecule has 4 rings (SSSR count). The number of halogens is 3. The third-order valence-electron chi connectivity index (χ3n) is 6.09. The van der Waals surface area contributed by atoms with Gasteiger partial charge in [-0.15, -0.1) is 11.3 Å². The summed E-state index contributed by atoms with van der Waals surface area (Å²) in [6, 6.07) is 11.5. The molecule has 0 bridgehead atoms. The van der Waals surface area contributed by atoms with Crippen molar-refractivity contribution in [2.45, 2.75) is 25.9 Å². The molecular weight excluding hydrogens is 461 g/mol. The fraction of sp³-hybridized carbons (Fsp3) is 0.400. The van der Waals surface area contributed by atoms with Crippen LogP contribution in [0.2, 0.25) is 0 Å². The molecular formula is C25H29F3N4OS. The van der Waals surface area contributed by atoms with E-state index in [2.05, 4.69) is 20.4 Å². The number of hydrogen-bond acceptors (Lipinski definition) is 4. The Bertz CT molecular complexity index is 1110. The summed E-state index contributed by atoms with van der Waals surface area (Å²) >= 11 is 1.37. The van der Waals surface area contributed by atoms with E-state index >= 15 is 0 Å². The number of alkyl halides is 3. The third kappa shape index (κ3) is 6.21. The van der Waals surface area contributed by atoms with Crippen molar-refractivity contribution in [2.75, 3.05) is 49.5 Å². The van der Waals surface area contributed by atoms with Gasteiger partial charge in [0.25, 0.3) is 0 Å². The van der Waals surface area contributed by atoms with E-state index in [1.165, 1.54) is 23.5 Å². The first kappa shape index (κ1) is 24.3. The van der Waals surface area contributed by atoms with Crippen molar-refractivity contribution in [3.05, 3.63) is 59.0 Å². The number of anilines is 2. The predicted octanol–water partition coefficient (Wildman–Crippen LogP) is 5.95. The molecule has 1 saturated heterocycles. The predicted molar refractivity (Wildman–Crippen MR) is 133 cm³/mol. The quantitative estimate of drug-likeness (QED) is 0.402. The van der Waals surface area contributed by atoms with E-state index in [1.54, 1.807) is 6.07 Å². The molecule has 5 nitrogen and oxygen atoms in total. The number of amides is 2. The topological polar surface area (TPSA) is 47.6 Å². The molecule has 0 spiro atoms. The van der Waals surface area contributed by atoms with E-state index in [0.29, 0.717) is 11.2 Å². The van der Waals surface area contributed by atoms with Gasteiger partial charge in [-0.05, 0) is 50.6 Å². The van der Waals surface area contributed by atoms with Crippen LogP contribution in [0.1, 0.15) is 24.0 Å². The number of rotatable bonds is 7. The minimum absolute atomic E-state index is 0.192. The van der Waals surface area contributed by atoms with Gasteiger partial charge in [-0.3, -0.25) is 4.90 Å². The molecule has 2 N–H and O–H groups in total. The summed E-state index contributed by atoms with van der Waals surface area (Å²) in [7, 11) is 0. The van der Waals surface area contributed by atoms with Crippen LogP contribution in [0.15, 0.2) is 47.8 Å². The first-order valence-corrected chi connectivity index (χ1v) is 12.3. The van der Waals surface area contributed by atoms with Crippen LogP contribution < -0.4 is 15.5 Å². The zero-order chi connectivity index (χ0) is 24.1. The van der Waals surface area contributed by atoms with Crippen molar-refractivity contribution >= 4 is 38.8 Å². The highest BCUT2D eigenvalue weighted by atomic mass is 32.1. The van der Waals surface area contributed by atoms with Crippen molar-refractivity contribution < 1.29 is 18.0 Å².